The van der Waals surface area contributed by atoms with Crippen LogP contribution in [0.1, 0.15) is 52.0 Å². The third-order valence-electron chi connectivity index (χ3n) is 4.83. The number of aromatic nitrogens is 2. The maximum atomic E-state index is 13.2. The SMILES string of the molecule is CCCCCCN1C(=O)/C(=C/c2c(NCC(C)C)nc3ccccn3c2=O)SC1=S. The molecule has 2 aromatic heterocycles. The second-order valence-electron chi connectivity index (χ2n) is 7.78. The van der Waals surface area contributed by atoms with Gasteiger partial charge in [0.2, 0.25) is 0 Å². The number of nitrogens with zero attached hydrogens (tertiary/aromatic N) is 3. The van der Waals surface area contributed by atoms with E-state index in [9.17, 15) is 9.59 Å². The summed E-state index contributed by atoms with van der Waals surface area (Å²) in [5.41, 5.74) is 0.736. The van der Waals surface area contributed by atoms with Crippen LogP contribution in [-0.2, 0) is 4.79 Å². The van der Waals surface area contributed by atoms with Crippen molar-refractivity contribution in [1.29, 1.82) is 0 Å². The Morgan fingerprint density at radius 1 is 1.23 bits per heavy atom. The van der Waals surface area contributed by atoms with E-state index in [2.05, 4.69) is 31.1 Å². The third-order valence-corrected chi connectivity index (χ3v) is 6.21. The van der Waals surface area contributed by atoms with E-state index in [-0.39, 0.29) is 11.5 Å². The molecule has 1 aliphatic rings. The van der Waals surface area contributed by atoms with Gasteiger partial charge in [0, 0.05) is 19.3 Å². The van der Waals surface area contributed by atoms with Crippen molar-refractivity contribution in [2.75, 3.05) is 18.4 Å². The Morgan fingerprint density at radius 2 is 2.03 bits per heavy atom. The number of fused-ring (bicyclic) bond motifs is 1. The number of pyridine rings is 1. The highest BCUT2D eigenvalue weighted by atomic mass is 32.2. The summed E-state index contributed by atoms with van der Waals surface area (Å²) in [6.45, 7) is 7.63. The Morgan fingerprint density at radius 3 is 2.77 bits per heavy atom. The van der Waals surface area contributed by atoms with E-state index in [4.69, 9.17) is 12.2 Å². The van der Waals surface area contributed by atoms with Gasteiger partial charge in [0.05, 0.1) is 10.5 Å². The molecule has 1 aliphatic heterocycles. The molecule has 0 saturated carbocycles. The molecule has 6 nitrogen and oxygen atoms in total. The third kappa shape index (κ3) is 5.10. The van der Waals surface area contributed by atoms with E-state index in [1.165, 1.54) is 16.2 Å². The summed E-state index contributed by atoms with van der Waals surface area (Å²) in [4.78, 5) is 32.8. The van der Waals surface area contributed by atoms with E-state index in [1.54, 1.807) is 29.3 Å². The number of nitrogens with one attached hydrogen (secondary N) is 1. The van der Waals surface area contributed by atoms with Crippen LogP contribution in [0, 0.1) is 5.92 Å². The molecule has 1 N–H and O–H groups in total. The summed E-state index contributed by atoms with van der Waals surface area (Å²) in [7, 11) is 0. The molecule has 0 bridgehead atoms. The highest BCUT2D eigenvalue weighted by Crippen LogP contribution is 2.33. The van der Waals surface area contributed by atoms with Crippen molar-refractivity contribution in [2.24, 2.45) is 5.92 Å². The molecule has 8 heteroatoms. The first-order chi connectivity index (χ1) is 14.4. The molecule has 2 aromatic rings. The summed E-state index contributed by atoms with van der Waals surface area (Å²) in [6, 6.07) is 5.43. The topological polar surface area (TPSA) is 66.7 Å². The Bertz CT molecular complexity index is 1030. The van der Waals surface area contributed by atoms with Crippen molar-refractivity contribution in [3.05, 3.63) is 45.2 Å². The summed E-state index contributed by atoms with van der Waals surface area (Å²) < 4.78 is 2.05. The fourth-order valence-corrected chi connectivity index (χ4v) is 4.48. The van der Waals surface area contributed by atoms with Gasteiger partial charge in [0.1, 0.15) is 15.8 Å². The highest BCUT2D eigenvalue weighted by Gasteiger charge is 2.32. The number of carbonyl (C=O) groups excluding carboxylic acids is 1. The summed E-state index contributed by atoms with van der Waals surface area (Å²) in [6.07, 6.45) is 7.62. The lowest BCUT2D eigenvalue weighted by Gasteiger charge is -2.14. The summed E-state index contributed by atoms with van der Waals surface area (Å²) in [5, 5.41) is 3.27. The number of amides is 1. The molecule has 0 aliphatic carbocycles. The van der Waals surface area contributed by atoms with E-state index in [0.29, 0.717) is 45.3 Å². The summed E-state index contributed by atoms with van der Waals surface area (Å²) in [5.74, 6) is 0.747. The molecule has 0 radical (unpaired) electrons. The average molecular weight is 445 g/mol. The van der Waals surface area contributed by atoms with Crippen LogP contribution in [0.4, 0.5) is 5.82 Å². The Balaban J connectivity index is 1.95. The molecular formula is C22H28N4O2S2. The second kappa shape index (κ2) is 10.2. The number of hydrogen-bond acceptors (Lipinski definition) is 6. The molecule has 1 amide bonds. The molecule has 160 valence electrons. The molecule has 0 aromatic carbocycles. The van der Waals surface area contributed by atoms with Gasteiger partial charge in [0.25, 0.3) is 11.5 Å². The zero-order valence-corrected chi connectivity index (χ0v) is 19.3. The van der Waals surface area contributed by atoms with Crippen LogP contribution < -0.4 is 10.9 Å². The van der Waals surface area contributed by atoms with Crippen LogP contribution in [0.3, 0.4) is 0 Å². The molecule has 30 heavy (non-hydrogen) atoms. The largest absolute Gasteiger partial charge is 0.369 e. The van der Waals surface area contributed by atoms with Gasteiger partial charge in [-0.25, -0.2) is 4.98 Å². The zero-order valence-electron chi connectivity index (χ0n) is 17.7. The van der Waals surface area contributed by atoms with Crippen molar-refractivity contribution < 1.29 is 4.79 Å². The lowest BCUT2D eigenvalue weighted by atomic mass is 10.2. The first kappa shape index (κ1) is 22.5. The van der Waals surface area contributed by atoms with Crippen molar-refractivity contribution in [1.82, 2.24) is 14.3 Å². The molecule has 1 fully saturated rings. The van der Waals surface area contributed by atoms with Gasteiger partial charge in [-0.15, -0.1) is 0 Å². The van der Waals surface area contributed by atoms with Gasteiger partial charge in [-0.1, -0.05) is 70.1 Å². The molecular weight excluding hydrogens is 416 g/mol. The quantitative estimate of drug-likeness (QED) is 0.348. The second-order valence-corrected chi connectivity index (χ2v) is 9.45. The van der Waals surface area contributed by atoms with Crippen molar-refractivity contribution in [3.63, 3.8) is 0 Å². The maximum absolute atomic E-state index is 13.2. The molecule has 1 saturated heterocycles. The van der Waals surface area contributed by atoms with Crippen LogP contribution in [-0.4, -0.2) is 37.6 Å². The van der Waals surface area contributed by atoms with Crippen molar-refractivity contribution in [3.8, 4) is 0 Å². The zero-order chi connectivity index (χ0) is 21.7. The molecule has 0 atom stereocenters. The minimum atomic E-state index is -0.208. The fourth-order valence-electron chi connectivity index (χ4n) is 3.19. The lowest BCUT2D eigenvalue weighted by molar-refractivity contribution is -0.122. The van der Waals surface area contributed by atoms with Gasteiger partial charge in [-0.2, -0.15) is 0 Å². The maximum Gasteiger partial charge on any atom is 0.267 e. The lowest BCUT2D eigenvalue weighted by Crippen LogP contribution is -2.29. The van der Waals surface area contributed by atoms with Gasteiger partial charge >= 0.3 is 0 Å². The van der Waals surface area contributed by atoms with Gasteiger partial charge in [-0.05, 0) is 30.5 Å². The standard InChI is InChI=1S/C22H28N4O2S2/c1-4-5-6-8-12-26-21(28)17(30-22(26)29)13-16-19(23-14-15(2)3)24-18-10-7-9-11-25(18)20(16)27/h7,9-11,13,15,23H,4-6,8,12,14H2,1-3H3/b17-13-. The van der Waals surface area contributed by atoms with Crippen molar-refractivity contribution >= 4 is 51.7 Å². The fraction of sp³-hybridized carbons (Fsp3) is 0.455. The monoisotopic (exact) mass is 444 g/mol. The minimum Gasteiger partial charge on any atom is -0.369 e. The smallest absolute Gasteiger partial charge is 0.267 e. The number of thioether (sulfide) groups is 1. The first-order valence-electron chi connectivity index (χ1n) is 10.4. The van der Waals surface area contributed by atoms with E-state index >= 15 is 0 Å². The number of carbonyl (C=O) groups is 1. The minimum absolute atomic E-state index is 0.131. The number of unbranched alkanes of at least 4 members (excludes halogenated alkanes) is 3. The van der Waals surface area contributed by atoms with Crippen LogP contribution in [0.5, 0.6) is 0 Å². The van der Waals surface area contributed by atoms with Gasteiger partial charge < -0.3 is 5.32 Å². The van der Waals surface area contributed by atoms with Crippen LogP contribution >= 0.6 is 24.0 Å². The average Bonchev–Trinajstić information content (AvgIpc) is 2.99. The van der Waals surface area contributed by atoms with E-state index in [0.717, 1.165) is 25.7 Å². The van der Waals surface area contributed by atoms with Crippen LogP contribution in [0.25, 0.3) is 11.7 Å². The number of hydrogen-bond donors (Lipinski definition) is 1. The van der Waals surface area contributed by atoms with Crippen LogP contribution in [0.2, 0.25) is 0 Å². The predicted octanol–water partition coefficient (Wildman–Crippen LogP) is 4.54. The van der Waals surface area contributed by atoms with E-state index < -0.39 is 0 Å². The predicted molar refractivity (Wildman–Crippen MR) is 129 cm³/mol. The van der Waals surface area contributed by atoms with Gasteiger partial charge in [-0.3, -0.25) is 18.9 Å². The Kier molecular flexibility index (Phi) is 7.66. The number of thiocarbonyl (C=S) groups is 1. The van der Waals surface area contributed by atoms with Crippen LogP contribution in [0.15, 0.2) is 34.1 Å². The Hall–Kier alpha value is -2.19. The molecule has 0 spiro atoms. The van der Waals surface area contributed by atoms with Crippen molar-refractivity contribution in [2.45, 2.75) is 46.5 Å². The molecule has 3 heterocycles. The molecule has 3 rings (SSSR count). The van der Waals surface area contributed by atoms with E-state index in [1.807, 2.05) is 6.07 Å². The molecule has 0 unspecified atom stereocenters. The highest BCUT2D eigenvalue weighted by molar-refractivity contribution is 8.26. The number of anilines is 1. The number of rotatable bonds is 9. The van der Waals surface area contributed by atoms with Gasteiger partial charge in [0.15, 0.2) is 0 Å². The Labute approximate surface area is 186 Å². The summed E-state index contributed by atoms with van der Waals surface area (Å²) >= 11 is 6.68. The normalized spacial score (nSPS) is 15.7. The first-order valence-corrected chi connectivity index (χ1v) is 11.7.